The molecule has 0 aliphatic carbocycles. The summed E-state index contributed by atoms with van der Waals surface area (Å²) in [5, 5.41) is 11.2. The van der Waals surface area contributed by atoms with Crippen LogP contribution in [0.15, 0.2) is 60.9 Å². The maximum atomic E-state index is 14.0. The average Bonchev–Trinajstić information content (AvgIpc) is 3.42. The number of hydrogen-bond acceptors (Lipinski definition) is 3. The van der Waals surface area contributed by atoms with Crippen molar-refractivity contribution in [3.05, 3.63) is 88.7 Å². The highest BCUT2D eigenvalue weighted by atomic mass is 16.4. The molecule has 2 aromatic carbocycles. The van der Waals surface area contributed by atoms with Crippen molar-refractivity contribution in [3.63, 3.8) is 0 Å². The quantitative estimate of drug-likeness (QED) is 0.113. The van der Waals surface area contributed by atoms with Gasteiger partial charge in [-0.1, -0.05) is 56.0 Å². The lowest BCUT2D eigenvalue weighted by molar-refractivity contribution is -0.136. The summed E-state index contributed by atoms with van der Waals surface area (Å²) in [4.78, 5) is 37.9. The SMILES string of the molecule is CCCCN(CCCC)C(=O)C(C)(C)c1ccc2[nH]c(-c3cc(C)cc(C)c3)c(CCN(CCCCc3cccnc3)C(=O)O)c2c1. The summed E-state index contributed by atoms with van der Waals surface area (Å²) in [6.07, 6.45) is 9.96. The van der Waals surface area contributed by atoms with Gasteiger partial charge in [0.05, 0.1) is 5.41 Å². The first-order valence-corrected chi connectivity index (χ1v) is 17.4. The van der Waals surface area contributed by atoms with Crippen molar-refractivity contribution in [2.45, 2.75) is 98.3 Å². The second kappa shape index (κ2) is 16.6. The zero-order chi connectivity index (χ0) is 34.0. The van der Waals surface area contributed by atoms with Crippen molar-refractivity contribution in [3.8, 4) is 11.3 Å². The normalized spacial score (nSPS) is 11.6. The Morgan fingerprint density at radius 3 is 2.13 bits per heavy atom. The van der Waals surface area contributed by atoms with Crippen molar-refractivity contribution in [1.82, 2.24) is 19.8 Å². The van der Waals surface area contributed by atoms with Gasteiger partial charge in [-0.25, -0.2) is 4.79 Å². The lowest BCUT2D eigenvalue weighted by atomic mass is 9.82. The number of carboxylic acid groups (broad SMARTS) is 1. The van der Waals surface area contributed by atoms with E-state index in [0.29, 0.717) is 19.5 Å². The van der Waals surface area contributed by atoms with E-state index in [9.17, 15) is 14.7 Å². The average molecular weight is 639 g/mol. The number of fused-ring (bicyclic) bond motifs is 1. The maximum absolute atomic E-state index is 14.0. The summed E-state index contributed by atoms with van der Waals surface area (Å²) < 4.78 is 0. The fourth-order valence-corrected chi connectivity index (χ4v) is 6.52. The standard InChI is InChI=1S/C40H54N4O3/c1-7-9-20-43(21-10-8-2)38(45)40(5,6)33-16-17-36-35(27-33)34(37(42-36)32-25-29(3)24-30(4)26-32)18-23-44(39(46)47)22-12-11-14-31-15-13-19-41-28-31/h13,15-17,19,24-28,42H,7-12,14,18,20-23H2,1-6H3,(H,46,47). The Morgan fingerprint density at radius 1 is 0.830 bits per heavy atom. The summed E-state index contributed by atoms with van der Waals surface area (Å²) in [6.45, 7) is 15.0. The first kappa shape index (κ1) is 35.7. The lowest BCUT2D eigenvalue weighted by Gasteiger charge is -2.32. The van der Waals surface area contributed by atoms with E-state index in [4.69, 9.17) is 0 Å². The van der Waals surface area contributed by atoms with Crippen LogP contribution in [0.4, 0.5) is 4.79 Å². The number of nitrogens with one attached hydrogen (secondary N) is 1. The Hall–Kier alpha value is -4.13. The number of aryl methyl sites for hydroxylation is 3. The molecule has 0 aliphatic heterocycles. The van der Waals surface area contributed by atoms with Crippen LogP contribution in [-0.2, 0) is 23.1 Å². The molecule has 0 aliphatic rings. The zero-order valence-electron chi connectivity index (χ0n) is 29.4. The van der Waals surface area contributed by atoms with Gasteiger partial charge in [-0.05, 0) is 119 Å². The van der Waals surface area contributed by atoms with Crippen LogP contribution >= 0.6 is 0 Å². The predicted molar refractivity (Wildman–Crippen MR) is 193 cm³/mol. The van der Waals surface area contributed by atoms with Crippen LogP contribution < -0.4 is 0 Å². The van der Waals surface area contributed by atoms with E-state index in [0.717, 1.165) is 91.3 Å². The number of carbonyl (C=O) groups is 2. The molecule has 0 saturated heterocycles. The molecule has 4 aromatic rings. The molecule has 2 N–H and O–H groups in total. The number of nitrogens with zero attached hydrogens (tertiary/aromatic N) is 3. The number of hydrogen-bond donors (Lipinski definition) is 2. The minimum absolute atomic E-state index is 0.161. The van der Waals surface area contributed by atoms with Crippen molar-refractivity contribution in [1.29, 1.82) is 0 Å². The van der Waals surface area contributed by atoms with Gasteiger partial charge in [0, 0.05) is 55.2 Å². The second-order valence-electron chi connectivity index (χ2n) is 13.6. The molecule has 0 fully saturated rings. The smallest absolute Gasteiger partial charge is 0.407 e. The van der Waals surface area contributed by atoms with Gasteiger partial charge in [-0.2, -0.15) is 0 Å². The number of H-pyrrole nitrogens is 1. The van der Waals surface area contributed by atoms with Crippen LogP contribution in [-0.4, -0.2) is 63.1 Å². The number of benzene rings is 2. The molecule has 0 saturated carbocycles. The number of aromatic amines is 1. The van der Waals surface area contributed by atoms with Gasteiger partial charge in [0.15, 0.2) is 0 Å². The minimum Gasteiger partial charge on any atom is -0.465 e. The molecule has 0 radical (unpaired) electrons. The molecule has 252 valence electrons. The summed E-state index contributed by atoms with van der Waals surface area (Å²) in [7, 11) is 0. The van der Waals surface area contributed by atoms with Gasteiger partial charge in [-0.15, -0.1) is 0 Å². The lowest BCUT2D eigenvalue weighted by Crippen LogP contribution is -2.44. The van der Waals surface area contributed by atoms with Crippen molar-refractivity contribution < 1.29 is 14.7 Å². The van der Waals surface area contributed by atoms with Gasteiger partial charge in [0.2, 0.25) is 5.91 Å². The zero-order valence-corrected chi connectivity index (χ0v) is 29.4. The summed E-state index contributed by atoms with van der Waals surface area (Å²) in [5.41, 5.74) is 7.99. The van der Waals surface area contributed by atoms with Gasteiger partial charge < -0.3 is 19.9 Å². The largest absolute Gasteiger partial charge is 0.465 e. The number of rotatable bonds is 17. The predicted octanol–water partition coefficient (Wildman–Crippen LogP) is 9.10. The van der Waals surface area contributed by atoms with E-state index in [1.54, 1.807) is 11.1 Å². The molecule has 0 atom stereocenters. The Morgan fingerprint density at radius 2 is 1.51 bits per heavy atom. The molecule has 2 aromatic heterocycles. The second-order valence-corrected chi connectivity index (χ2v) is 13.6. The van der Waals surface area contributed by atoms with Crippen molar-refractivity contribution >= 4 is 22.9 Å². The topological polar surface area (TPSA) is 89.5 Å². The first-order chi connectivity index (χ1) is 22.5. The van der Waals surface area contributed by atoms with Crippen LogP contribution in [0.2, 0.25) is 0 Å². The molecular formula is C40H54N4O3. The van der Waals surface area contributed by atoms with Gasteiger partial charge in [0.1, 0.15) is 0 Å². The van der Waals surface area contributed by atoms with E-state index in [-0.39, 0.29) is 5.91 Å². The molecule has 2 heterocycles. The molecule has 47 heavy (non-hydrogen) atoms. The van der Waals surface area contributed by atoms with Crippen LogP contribution in [0.25, 0.3) is 22.2 Å². The Kier molecular flexibility index (Phi) is 12.6. The minimum atomic E-state index is -0.897. The number of pyridine rings is 1. The van der Waals surface area contributed by atoms with E-state index >= 15 is 0 Å². The van der Waals surface area contributed by atoms with E-state index < -0.39 is 11.5 Å². The summed E-state index contributed by atoms with van der Waals surface area (Å²) >= 11 is 0. The molecule has 0 unspecified atom stereocenters. The molecule has 0 bridgehead atoms. The third-order valence-electron chi connectivity index (χ3n) is 9.29. The number of amides is 2. The highest BCUT2D eigenvalue weighted by Crippen LogP contribution is 2.36. The Bertz CT molecular complexity index is 1600. The monoisotopic (exact) mass is 638 g/mol. The van der Waals surface area contributed by atoms with Crippen LogP contribution in [0.1, 0.15) is 94.0 Å². The highest BCUT2D eigenvalue weighted by molar-refractivity contribution is 5.94. The van der Waals surface area contributed by atoms with E-state index in [1.807, 2.05) is 26.1 Å². The summed E-state index contributed by atoms with van der Waals surface area (Å²) in [6, 6.07) is 16.9. The molecule has 7 heteroatoms. The first-order valence-electron chi connectivity index (χ1n) is 17.4. The van der Waals surface area contributed by atoms with Crippen LogP contribution in [0, 0.1) is 13.8 Å². The molecule has 2 amide bonds. The third kappa shape index (κ3) is 9.24. The number of carbonyl (C=O) groups excluding carboxylic acids is 1. The molecular weight excluding hydrogens is 584 g/mol. The molecule has 4 rings (SSSR count). The van der Waals surface area contributed by atoms with Gasteiger partial charge in [0.25, 0.3) is 0 Å². The fraction of sp³-hybridized carbons (Fsp3) is 0.475. The fourth-order valence-electron chi connectivity index (χ4n) is 6.52. The number of aromatic nitrogens is 2. The van der Waals surface area contributed by atoms with E-state index in [2.05, 4.69) is 85.0 Å². The van der Waals surface area contributed by atoms with Crippen molar-refractivity contribution in [2.75, 3.05) is 26.2 Å². The highest BCUT2D eigenvalue weighted by Gasteiger charge is 2.34. The maximum Gasteiger partial charge on any atom is 0.407 e. The van der Waals surface area contributed by atoms with Crippen LogP contribution in [0.3, 0.4) is 0 Å². The third-order valence-corrected chi connectivity index (χ3v) is 9.29. The van der Waals surface area contributed by atoms with Crippen LogP contribution in [0.5, 0.6) is 0 Å². The van der Waals surface area contributed by atoms with Gasteiger partial charge >= 0.3 is 6.09 Å². The van der Waals surface area contributed by atoms with Gasteiger partial charge in [-0.3, -0.25) is 9.78 Å². The Balaban J connectivity index is 1.65. The number of unbranched alkanes of at least 4 members (excludes halogenated alkanes) is 3. The summed E-state index contributed by atoms with van der Waals surface area (Å²) in [5.74, 6) is 0.161. The Labute approximate surface area is 281 Å². The van der Waals surface area contributed by atoms with E-state index in [1.165, 1.54) is 16.7 Å². The molecule has 0 spiro atoms. The van der Waals surface area contributed by atoms with Crippen molar-refractivity contribution in [2.24, 2.45) is 0 Å². The molecule has 7 nitrogen and oxygen atoms in total.